The zero-order chi connectivity index (χ0) is 21.5. The van der Waals surface area contributed by atoms with Crippen LogP contribution in [-0.4, -0.2) is 21.4 Å². The van der Waals surface area contributed by atoms with Crippen LogP contribution in [0.4, 0.5) is 0 Å². The number of primary amides is 1. The van der Waals surface area contributed by atoms with Crippen molar-refractivity contribution in [2.75, 3.05) is 0 Å². The fourth-order valence-electron chi connectivity index (χ4n) is 4.03. The number of ketones is 1. The third kappa shape index (κ3) is 3.00. The van der Waals surface area contributed by atoms with Crippen LogP contribution in [0.1, 0.15) is 34.5 Å². The number of hydrogen-bond acceptors (Lipinski definition) is 4. The van der Waals surface area contributed by atoms with E-state index in [2.05, 4.69) is 0 Å². The normalized spacial score (nSPS) is 15.2. The van der Waals surface area contributed by atoms with E-state index in [0.717, 1.165) is 5.69 Å². The second kappa shape index (κ2) is 7.45. The Hall–Kier alpha value is -3.40. The van der Waals surface area contributed by atoms with Gasteiger partial charge in [-0.3, -0.25) is 9.59 Å². The highest BCUT2D eigenvalue weighted by Gasteiger charge is 2.46. The Balaban J connectivity index is 2.20. The Kier molecular flexibility index (Phi) is 4.94. The zero-order valence-electron chi connectivity index (χ0n) is 15.9. The van der Waals surface area contributed by atoms with Gasteiger partial charge in [0.2, 0.25) is 0 Å². The molecule has 3 aromatic rings. The first-order valence-electron chi connectivity index (χ1n) is 9.44. The van der Waals surface area contributed by atoms with Crippen LogP contribution in [0.3, 0.4) is 0 Å². The van der Waals surface area contributed by atoms with Gasteiger partial charge in [-0.15, -0.1) is 0 Å². The SMILES string of the molecule is N#CC(O)(C(N)=O)c1c2c(n(-c3ccccc3)c1-c1ccc(Cl)cc1)CCCC2=O. The number of nitrogens with two attached hydrogens (primary N) is 1. The van der Waals surface area contributed by atoms with Crippen LogP contribution in [0.15, 0.2) is 54.6 Å². The van der Waals surface area contributed by atoms with Crippen LogP contribution in [0, 0.1) is 11.3 Å². The van der Waals surface area contributed by atoms with E-state index in [1.54, 1.807) is 30.3 Å². The van der Waals surface area contributed by atoms with E-state index < -0.39 is 11.5 Å². The number of hydrogen-bond donors (Lipinski definition) is 2. The molecule has 30 heavy (non-hydrogen) atoms. The van der Waals surface area contributed by atoms with Gasteiger partial charge in [0.1, 0.15) is 6.07 Å². The van der Waals surface area contributed by atoms with E-state index in [0.29, 0.717) is 34.8 Å². The fraction of sp³-hybridized carbons (Fsp3) is 0.174. The third-order valence-electron chi connectivity index (χ3n) is 5.38. The maximum Gasteiger partial charge on any atom is 0.269 e. The first kappa shape index (κ1) is 19.9. The second-order valence-electron chi connectivity index (χ2n) is 7.19. The predicted molar refractivity (Wildman–Crippen MR) is 112 cm³/mol. The number of Topliss-reactive ketones (excluding diaryl/α,β-unsaturated/α-hetero) is 1. The highest BCUT2D eigenvalue weighted by atomic mass is 35.5. The average Bonchev–Trinajstić information content (AvgIpc) is 3.11. The molecule has 0 aliphatic heterocycles. The second-order valence-corrected chi connectivity index (χ2v) is 7.62. The van der Waals surface area contributed by atoms with Gasteiger partial charge in [0.25, 0.3) is 11.5 Å². The molecule has 6 nitrogen and oxygen atoms in total. The van der Waals surface area contributed by atoms with Gasteiger partial charge in [-0.05, 0) is 42.7 Å². The highest BCUT2D eigenvalue weighted by molar-refractivity contribution is 6.30. The third-order valence-corrected chi connectivity index (χ3v) is 5.63. The number of halogens is 1. The quantitative estimate of drug-likeness (QED) is 0.630. The van der Waals surface area contributed by atoms with Crippen molar-refractivity contribution < 1.29 is 14.7 Å². The number of nitriles is 1. The standard InChI is InChI=1S/C23H18ClN3O3/c24-15-11-9-14(10-12-15)21-20(23(30,13-25)22(26)29)19-17(7-4-8-18(19)28)27(21)16-5-2-1-3-6-16/h1-3,5-6,9-12,30H,4,7-8H2,(H2,26,29). The molecule has 1 aromatic heterocycles. The summed E-state index contributed by atoms with van der Waals surface area (Å²) in [6.45, 7) is 0. The molecule has 0 spiro atoms. The number of fused-ring (bicyclic) bond motifs is 1. The number of amides is 1. The van der Waals surface area contributed by atoms with Crippen LogP contribution in [0.25, 0.3) is 16.9 Å². The molecule has 1 unspecified atom stereocenters. The molecule has 0 saturated heterocycles. The van der Waals surface area contributed by atoms with E-state index in [4.69, 9.17) is 17.3 Å². The maximum absolute atomic E-state index is 13.0. The molecule has 150 valence electrons. The summed E-state index contributed by atoms with van der Waals surface area (Å²) in [5, 5.41) is 21.3. The molecule has 3 N–H and O–H groups in total. The summed E-state index contributed by atoms with van der Waals surface area (Å²) in [5.41, 5.74) is 5.28. The first-order chi connectivity index (χ1) is 14.4. The highest BCUT2D eigenvalue weighted by Crippen LogP contribution is 2.43. The zero-order valence-corrected chi connectivity index (χ0v) is 16.7. The van der Waals surface area contributed by atoms with E-state index in [1.807, 2.05) is 34.9 Å². The lowest BCUT2D eigenvalue weighted by molar-refractivity contribution is -0.131. The lowest BCUT2D eigenvalue weighted by Crippen LogP contribution is -2.41. The molecule has 1 aliphatic rings. The monoisotopic (exact) mass is 419 g/mol. The summed E-state index contributed by atoms with van der Waals surface area (Å²) in [5.74, 6) is -1.46. The molecular weight excluding hydrogens is 402 g/mol. The molecule has 1 heterocycles. The number of carbonyl (C=O) groups is 2. The Bertz CT molecular complexity index is 1190. The number of para-hydroxylation sites is 1. The van der Waals surface area contributed by atoms with Crippen molar-refractivity contribution >= 4 is 23.3 Å². The van der Waals surface area contributed by atoms with Crippen molar-refractivity contribution in [2.45, 2.75) is 24.9 Å². The van der Waals surface area contributed by atoms with Crippen LogP contribution in [0.2, 0.25) is 5.02 Å². The first-order valence-corrected chi connectivity index (χ1v) is 9.82. The topological polar surface area (TPSA) is 109 Å². The van der Waals surface area contributed by atoms with Gasteiger partial charge < -0.3 is 15.4 Å². The van der Waals surface area contributed by atoms with Crippen molar-refractivity contribution in [3.8, 4) is 23.0 Å². The largest absolute Gasteiger partial charge is 0.366 e. The van der Waals surface area contributed by atoms with E-state index in [9.17, 15) is 20.0 Å². The van der Waals surface area contributed by atoms with E-state index >= 15 is 0 Å². The molecule has 1 atom stereocenters. The van der Waals surface area contributed by atoms with Crippen molar-refractivity contribution in [3.63, 3.8) is 0 Å². The lowest BCUT2D eigenvalue weighted by Gasteiger charge is -2.20. The number of rotatable bonds is 4. The number of benzene rings is 2. The number of aromatic nitrogens is 1. The van der Waals surface area contributed by atoms with Gasteiger partial charge in [-0.2, -0.15) is 5.26 Å². The van der Waals surface area contributed by atoms with Crippen LogP contribution in [0.5, 0.6) is 0 Å². The molecular formula is C23H18ClN3O3. The molecule has 0 saturated carbocycles. The van der Waals surface area contributed by atoms with Crippen molar-refractivity contribution in [2.24, 2.45) is 5.73 Å². The van der Waals surface area contributed by atoms with Crippen LogP contribution >= 0.6 is 11.6 Å². The minimum absolute atomic E-state index is 0.0663. The Morgan fingerprint density at radius 1 is 1.13 bits per heavy atom. The number of aliphatic hydroxyl groups is 1. The lowest BCUT2D eigenvalue weighted by atomic mass is 9.84. The van der Waals surface area contributed by atoms with Gasteiger partial charge >= 0.3 is 0 Å². The van der Waals surface area contributed by atoms with Gasteiger partial charge in [-0.25, -0.2) is 0 Å². The molecule has 0 radical (unpaired) electrons. The van der Waals surface area contributed by atoms with Gasteiger partial charge in [0.15, 0.2) is 5.78 Å². The fourth-order valence-corrected chi connectivity index (χ4v) is 4.16. The van der Waals surface area contributed by atoms with Crippen LogP contribution in [-0.2, 0) is 16.8 Å². The molecule has 0 fully saturated rings. The minimum atomic E-state index is -2.66. The predicted octanol–water partition coefficient (Wildman–Crippen LogP) is 3.51. The molecule has 0 bridgehead atoms. The van der Waals surface area contributed by atoms with Gasteiger partial charge in [0.05, 0.1) is 5.69 Å². The Morgan fingerprint density at radius 2 is 1.80 bits per heavy atom. The summed E-state index contributed by atoms with van der Waals surface area (Å²) in [6.07, 6.45) is 1.44. The minimum Gasteiger partial charge on any atom is -0.366 e. The molecule has 4 rings (SSSR count). The molecule has 1 aliphatic carbocycles. The summed E-state index contributed by atoms with van der Waals surface area (Å²) < 4.78 is 1.83. The van der Waals surface area contributed by atoms with Crippen molar-refractivity contribution in [1.82, 2.24) is 4.57 Å². The van der Waals surface area contributed by atoms with Crippen molar-refractivity contribution in [3.05, 3.63) is 76.4 Å². The smallest absolute Gasteiger partial charge is 0.269 e. The maximum atomic E-state index is 13.0. The molecule has 1 amide bonds. The number of carbonyl (C=O) groups excluding carboxylic acids is 2. The summed E-state index contributed by atoms with van der Waals surface area (Å²) in [6, 6.07) is 17.7. The van der Waals surface area contributed by atoms with Gasteiger partial charge in [-0.1, -0.05) is 41.9 Å². The van der Waals surface area contributed by atoms with Gasteiger partial charge in [0, 0.05) is 34.0 Å². The van der Waals surface area contributed by atoms with E-state index in [-0.39, 0.29) is 23.3 Å². The summed E-state index contributed by atoms with van der Waals surface area (Å²) in [4.78, 5) is 25.2. The summed E-state index contributed by atoms with van der Waals surface area (Å²) >= 11 is 6.05. The van der Waals surface area contributed by atoms with E-state index in [1.165, 1.54) is 0 Å². The number of nitrogens with zero attached hydrogens (tertiary/aromatic N) is 2. The van der Waals surface area contributed by atoms with Crippen molar-refractivity contribution in [1.29, 1.82) is 5.26 Å². The van der Waals surface area contributed by atoms with Crippen LogP contribution < -0.4 is 5.73 Å². The molecule has 7 heteroatoms. The average molecular weight is 420 g/mol. The Labute approximate surface area is 178 Å². The summed E-state index contributed by atoms with van der Waals surface area (Å²) in [7, 11) is 0. The Morgan fingerprint density at radius 3 is 2.40 bits per heavy atom. The molecule has 2 aromatic carbocycles.